The predicted octanol–water partition coefficient (Wildman–Crippen LogP) is 3.68. The second-order valence-corrected chi connectivity index (χ2v) is 7.78. The van der Waals surface area contributed by atoms with Gasteiger partial charge in [-0.25, -0.2) is 0 Å². The van der Waals surface area contributed by atoms with Crippen molar-refractivity contribution < 1.29 is 4.42 Å². The van der Waals surface area contributed by atoms with Gasteiger partial charge in [-0.15, -0.1) is 24.0 Å². The van der Waals surface area contributed by atoms with E-state index in [0.717, 1.165) is 44.4 Å². The fourth-order valence-electron chi connectivity index (χ4n) is 3.81. The molecule has 7 heteroatoms. The van der Waals surface area contributed by atoms with Gasteiger partial charge in [0.2, 0.25) is 0 Å². The molecule has 0 saturated carbocycles. The third-order valence-electron chi connectivity index (χ3n) is 5.40. The van der Waals surface area contributed by atoms with E-state index >= 15 is 0 Å². The smallest absolute Gasteiger partial charge is 0.191 e. The number of hydrogen-bond acceptors (Lipinski definition) is 4. The highest BCUT2D eigenvalue weighted by molar-refractivity contribution is 14.0. The van der Waals surface area contributed by atoms with E-state index in [4.69, 9.17) is 4.42 Å². The number of halogens is 1. The number of aliphatic imine (C=N–C) groups is 1. The molecule has 166 valence electrons. The molecule has 1 aliphatic heterocycles. The van der Waals surface area contributed by atoms with E-state index in [1.165, 1.54) is 43.5 Å². The summed E-state index contributed by atoms with van der Waals surface area (Å²) in [5, 5.41) is 6.92. The van der Waals surface area contributed by atoms with Crippen LogP contribution in [0, 0.1) is 0 Å². The van der Waals surface area contributed by atoms with Gasteiger partial charge < -0.3 is 20.0 Å². The van der Waals surface area contributed by atoms with Gasteiger partial charge in [0.25, 0.3) is 0 Å². The molecule has 0 bridgehead atoms. The van der Waals surface area contributed by atoms with Crippen LogP contribution in [0.15, 0.2) is 52.1 Å². The van der Waals surface area contributed by atoms with Gasteiger partial charge in [-0.05, 0) is 56.2 Å². The number of likely N-dealkylation sites (tertiary alicyclic amines) is 1. The lowest BCUT2D eigenvalue weighted by atomic mass is 10.1. The summed E-state index contributed by atoms with van der Waals surface area (Å²) >= 11 is 0. The second kappa shape index (κ2) is 13.7. The molecule has 0 aliphatic carbocycles. The molecule has 2 aromatic rings. The van der Waals surface area contributed by atoms with Crippen LogP contribution in [-0.2, 0) is 19.6 Å². The average molecular weight is 525 g/mol. The Morgan fingerprint density at radius 1 is 1.03 bits per heavy atom. The molecular formula is C23H36IN5O. The molecule has 3 rings (SSSR count). The van der Waals surface area contributed by atoms with Crippen molar-refractivity contribution in [2.75, 3.05) is 40.3 Å². The minimum atomic E-state index is 0. The molecule has 1 saturated heterocycles. The molecule has 0 amide bonds. The zero-order chi connectivity index (χ0) is 20.3. The number of rotatable bonds is 9. The molecule has 0 radical (unpaired) electrons. The van der Waals surface area contributed by atoms with Gasteiger partial charge in [-0.2, -0.15) is 0 Å². The first-order valence-corrected chi connectivity index (χ1v) is 10.7. The van der Waals surface area contributed by atoms with E-state index in [0.29, 0.717) is 0 Å². The van der Waals surface area contributed by atoms with Crippen LogP contribution in [0.3, 0.4) is 0 Å². The van der Waals surface area contributed by atoms with Crippen molar-refractivity contribution in [3.05, 3.63) is 59.5 Å². The Morgan fingerprint density at radius 3 is 2.50 bits per heavy atom. The summed E-state index contributed by atoms with van der Waals surface area (Å²) in [4.78, 5) is 9.18. The van der Waals surface area contributed by atoms with Gasteiger partial charge in [0.1, 0.15) is 5.76 Å². The Labute approximate surface area is 198 Å². The van der Waals surface area contributed by atoms with Crippen LogP contribution < -0.4 is 10.6 Å². The largest absolute Gasteiger partial charge is 0.468 e. The quantitative estimate of drug-likeness (QED) is 0.297. The van der Waals surface area contributed by atoms with Crippen molar-refractivity contribution in [3.63, 3.8) is 0 Å². The molecule has 6 nitrogen and oxygen atoms in total. The third-order valence-corrected chi connectivity index (χ3v) is 5.40. The van der Waals surface area contributed by atoms with Crippen LogP contribution >= 0.6 is 24.0 Å². The fraction of sp³-hybridized carbons (Fsp3) is 0.522. The molecular weight excluding hydrogens is 489 g/mol. The maximum Gasteiger partial charge on any atom is 0.191 e. The van der Waals surface area contributed by atoms with E-state index in [1.807, 2.05) is 19.2 Å². The highest BCUT2D eigenvalue weighted by atomic mass is 127. The average Bonchev–Trinajstić information content (AvgIpc) is 3.25. The molecule has 1 aliphatic rings. The van der Waals surface area contributed by atoms with Gasteiger partial charge in [0.05, 0.1) is 12.8 Å². The summed E-state index contributed by atoms with van der Waals surface area (Å²) in [6, 6.07) is 12.5. The lowest BCUT2D eigenvalue weighted by Crippen LogP contribution is -2.42. The molecule has 30 heavy (non-hydrogen) atoms. The lowest BCUT2D eigenvalue weighted by Gasteiger charge is -2.26. The van der Waals surface area contributed by atoms with Crippen LogP contribution in [0.25, 0.3) is 0 Å². The Bertz CT molecular complexity index is 744. The van der Waals surface area contributed by atoms with E-state index in [1.54, 1.807) is 6.26 Å². The van der Waals surface area contributed by atoms with Crippen molar-refractivity contribution in [2.45, 2.75) is 38.9 Å². The summed E-state index contributed by atoms with van der Waals surface area (Å²) in [6.45, 7) is 6.89. The highest BCUT2D eigenvalue weighted by Crippen LogP contribution is 2.13. The lowest BCUT2D eigenvalue weighted by molar-refractivity contribution is 0.232. The summed E-state index contributed by atoms with van der Waals surface area (Å²) < 4.78 is 5.47. The van der Waals surface area contributed by atoms with Crippen molar-refractivity contribution in [1.82, 2.24) is 20.4 Å². The standard InChI is InChI=1S/C23H35N5O.HI/c1-24-23(25-12-15-28-13-6-3-7-14-28)26-17-20-9-4-5-10-21(20)18-27(2)19-22-11-8-16-29-22;/h4-5,8-11,16H,3,6-7,12-15,17-19H2,1-2H3,(H2,24,25,26);1H. The Balaban J connectivity index is 0.00000320. The van der Waals surface area contributed by atoms with Gasteiger partial charge in [-0.3, -0.25) is 9.89 Å². The van der Waals surface area contributed by atoms with Gasteiger partial charge in [0, 0.05) is 33.2 Å². The minimum absolute atomic E-state index is 0. The first-order valence-electron chi connectivity index (χ1n) is 10.7. The Hall–Kier alpha value is -1.58. The Kier molecular flexibility index (Phi) is 11.2. The molecule has 1 aromatic carbocycles. The summed E-state index contributed by atoms with van der Waals surface area (Å²) in [5.74, 6) is 1.85. The van der Waals surface area contributed by atoms with Crippen LogP contribution in [-0.4, -0.2) is 56.0 Å². The topological polar surface area (TPSA) is 56.0 Å². The van der Waals surface area contributed by atoms with Crippen molar-refractivity contribution in [3.8, 4) is 0 Å². The third kappa shape index (κ3) is 8.28. The molecule has 1 aromatic heterocycles. The summed E-state index contributed by atoms with van der Waals surface area (Å²) in [6.07, 6.45) is 5.77. The van der Waals surface area contributed by atoms with Crippen molar-refractivity contribution in [2.24, 2.45) is 4.99 Å². The zero-order valence-electron chi connectivity index (χ0n) is 18.3. The van der Waals surface area contributed by atoms with E-state index in [-0.39, 0.29) is 24.0 Å². The van der Waals surface area contributed by atoms with Crippen LogP contribution in [0.2, 0.25) is 0 Å². The van der Waals surface area contributed by atoms with E-state index in [9.17, 15) is 0 Å². The van der Waals surface area contributed by atoms with Crippen molar-refractivity contribution in [1.29, 1.82) is 0 Å². The van der Waals surface area contributed by atoms with Crippen LogP contribution in [0.4, 0.5) is 0 Å². The zero-order valence-corrected chi connectivity index (χ0v) is 20.6. The minimum Gasteiger partial charge on any atom is -0.468 e. The molecule has 1 fully saturated rings. The number of piperidine rings is 1. The van der Waals surface area contributed by atoms with Gasteiger partial charge >= 0.3 is 0 Å². The second-order valence-electron chi connectivity index (χ2n) is 7.78. The first-order chi connectivity index (χ1) is 14.2. The molecule has 0 unspecified atom stereocenters. The molecule has 0 spiro atoms. The summed E-state index contributed by atoms with van der Waals surface area (Å²) in [7, 11) is 3.95. The molecule has 2 heterocycles. The maximum absolute atomic E-state index is 5.47. The van der Waals surface area contributed by atoms with E-state index in [2.05, 4.69) is 56.7 Å². The normalized spacial score (nSPS) is 15.1. The number of benzene rings is 1. The number of nitrogens with one attached hydrogen (secondary N) is 2. The summed E-state index contributed by atoms with van der Waals surface area (Å²) in [5.41, 5.74) is 2.61. The number of guanidine groups is 1. The van der Waals surface area contributed by atoms with Crippen molar-refractivity contribution >= 4 is 29.9 Å². The molecule has 0 atom stereocenters. The highest BCUT2D eigenvalue weighted by Gasteiger charge is 2.10. The monoisotopic (exact) mass is 525 g/mol. The van der Waals surface area contributed by atoms with E-state index < -0.39 is 0 Å². The van der Waals surface area contributed by atoms with Gasteiger partial charge in [-0.1, -0.05) is 30.7 Å². The first kappa shape index (κ1) is 24.7. The Morgan fingerprint density at radius 2 is 1.80 bits per heavy atom. The maximum atomic E-state index is 5.47. The van der Waals surface area contributed by atoms with Crippen LogP contribution in [0.1, 0.15) is 36.1 Å². The fourth-order valence-corrected chi connectivity index (χ4v) is 3.81. The number of nitrogens with zero attached hydrogens (tertiary/aromatic N) is 3. The van der Waals surface area contributed by atoms with Gasteiger partial charge in [0.15, 0.2) is 5.96 Å². The SMILES string of the molecule is CN=C(NCCN1CCCCC1)NCc1ccccc1CN(C)Cc1ccco1.I. The van der Waals surface area contributed by atoms with Crippen LogP contribution in [0.5, 0.6) is 0 Å². The number of hydrogen-bond donors (Lipinski definition) is 2. The predicted molar refractivity (Wildman–Crippen MR) is 134 cm³/mol. The number of furan rings is 1. The molecule has 2 N–H and O–H groups in total.